The van der Waals surface area contributed by atoms with Gasteiger partial charge in [0.05, 0.1) is 0 Å². The van der Waals surface area contributed by atoms with E-state index in [1.165, 1.54) is 5.69 Å². The summed E-state index contributed by atoms with van der Waals surface area (Å²) in [7, 11) is 4.24. The number of anilines is 3. The van der Waals surface area contributed by atoms with Crippen LogP contribution in [0.3, 0.4) is 0 Å². The van der Waals surface area contributed by atoms with Gasteiger partial charge in [0, 0.05) is 47.3 Å². The van der Waals surface area contributed by atoms with E-state index in [1.807, 2.05) is 19.1 Å². The number of carbonyl (C=O) groups is 2. The summed E-state index contributed by atoms with van der Waals surface area (Å²) in [6.07, 6.45) is 2.92. The first-order valence-corrected chi connectivity index (χ1v) is 10.2. The van der Waals surface area contributed by atoms with Gasteiger partial charge < -0.3 is 20.4 Å². The standard InChI is InChI=1S/C24H30N4O2/c1-5-17(2)23(29)25-19-8-6-18(7-9-19)24(30)26-20-10-12-21(13-11-20)28-15-14-22(16-28)27(3)4/h5-13,22H,14-16H2,1-4H3,(H,25,29)(H,26,30). The van der Waals surface area contributed by atoms with E-state index in [4.69, 9.17) is 0 Å². The van der Waals surface area contributed by atoms with Gasteiger partial charge in [-0.05, 0) is 82.9 Å². The number of nitrogens with one attached hydrogen (secondary N) is 2. The molecule has 1 unspecified atom stereocenters. The molecular weight excluding hydrogens is 376 g/mol. The highest BCUT2D eigenvalue weighted by Gasteiger charge is 2.23. The van der Waals surface area contributed by atoms with Crippen molar-refractivity contribution in [1.82, 2.24) is 4.90 Å². The lowest BCUT2D eigenvalue weighted by Gasteiger charge is -2.22. The highest BCUT2D eigenvalue weighted by atomic mass is 16.2. The Morgan fingerprint density at radius 3 is 2.17 bits per heavy atom. The highest BCUT2D eigenvalue weighted by Crippen LogP contribution is 2.24. The number of benzene rings is 2. The third kappa shape index (κ3) is 5.27. The lowest BCUT2D eigenvalue weighted by atomic mass is 10.1. The fourth-order valence-corrected chi connectivity index (χ4v) is 3.42. The molecule has 1 atom stereocenters. The second kappa shape index (κ2) is 9.59. The summed E-state index contributed by atoms with van der Waals surface area (Å²) in [4.78, 5) is 29.1. The van der Waals surface area contributed by atoms with Crippen LogP contribution >= 0.6 is 0 Å². The van der Waals surface area contributed by atoms with Crippen molar-refractivity contribution in [2.45, 2.75) is 26.3 Å². The first-order valence-electron chi connectivity index (χ1n) is 10.2. The second-order valence-corrected chi connectivity index (χ2v) is 7.86. The Labute approximate surface area is 178 Å². The zero-order valence-corrected chi connectivity index (χ0v) is 18.1. The molecule has 0 aromatic heterocycles. The summed E-state index contributed by atoms with van der Waals surface area (Å²) in [5.74, 6) is -0.330. The molecule has 1 saturated heterocycles. The van der Waals surface area contributed by atoms with Gasteiger partial charge in [-0.3, -0.25) is 9.59 Å². The quantitative estimate of drug-likeness (QED) is 0.712. The van der Waals surface area contributed by atoms with E-state index < -0.39 is 0 Å². The Bertz CT molecular complexity index is 917. The Morgan fingerprint density at radius 1 is 1.00 bits per heavy atom. The predicted octanol–water partition coefficient (Wildman–Crippen LogP) is 3.98. The maximum absolute atomic E-state index is 12.5. The third-order valence-corrected chi connectivity index (χ3v) is 5.58. The number of carbonyl (C=O) groups excluding carboxylic acids is 2. The summed E-state index contributed by atoms with van der Waals surface area (Å²) in [6.45, 7) is 5.65. The van der Waals surface area contributed by atoms with Crippen LogP contribution in [0.2, 0.25) is 0 Å². The van der Waals surface area contributed by atoms with E-state index in [0.717, 1.165) is 25.2 Å². The molecule has 6 nitrogen and oxygen atoms in total. The molecular formula is C24H30N4O2. The topological polar surface area (TPSA) is 64.7 Å². The molecule has 30 heavy (non-hydrogen) atoms. The maximum Gasteiger partial charge on any atom is 0.255 e. The molecule has 2 aromatic carbocycles. The Balaban J connectivity index is 1.57. The van der Waals surface area contributed by atoms with Gasteiger partial charge >= 0.3 is 0 Å². The highest BCUT2D eigenvalue weighted by molar-refractivity contribution is 6.06. The SMILES string of the molecule is CC=C(C)C(=O)Nc1ccc(C(=O)Nc2ccc(N3CCC(N(C)C)C3)cc2)cc1. The van der Waals surface area contributed by atoms with Gasteiger partial charge in [0.2, 0.25) is 0 Å². The van der Waals surface area contributed by atoms with Gasteiger partial charge in [0.15, 0.2) is 0 Å². The third-order valence-electron chi connectivity index (χ3n) is 5.58. The van der Waals surface area contributed by atoms with Gasteiger partial charge in [0.25, 0.3) is 11.8 Å². The van der Waals surface area contributed by atoms with Crippen LogP contribution in [-0.2, 0) is 4.79 Å². The van der Waals surface area contributed by atoms with Crippen molar-refractivity contribution in [2.24, 2.45) is 0 Å². The lowest BCUT2D eigenvalue weighted by Crippen LogP contribution is -2.31. The number of allylic oxidation sites excluding steroid dienone is 1. The molecule has 3 rings (SSSR count). The maximum atomic E-state index is 12.5. The largest absolute Gasteiger partial charge is 0.370 e. The van der Waals surface area contributed by atoms with Crippen LogP contribution in [0, 0.1) is 0 Å². The van der Waals surface area contributed by atoms with Crippen molar-refractivity contribution in [3.8, 4) is 0 Å². The van der Waals surface area contributed by atoms with Crippen molar-refractivity contribution >= 4 is 28.9 Å². The number of hydrogen-bond donors (Lipinski definition) is 2. The van der Waals surface area contributed by atoms with Crippen LogP contribution in [0.1, 0.15) is 30.6 Å². The van der Waals surface area contributed by atoms with Crippen molar-refractivity contribution < 1.29 is 9.59 Å². The number of nitrogens with zero attached hydrogens (tertiary/aromatic N) is 2. The summed E-state index contributed by atoms with van der Waals surface area (Å²) >= 11 is 0. The monoisotopic (exact) mass is 406 g/mol. The minimum atomic E-state index is -0.181. The zero-order chi connectivity index (χ0) is 21.7. The number of hydrogen-bond acceptors (Lipinski definition) is 4. The van der Waals surface area contributed by atoms with Crippen LogP contribution in [-0.4, -0.2) is 49.9 Å². The fraction of sp³-hybridized carbons (Fsp3) is 0.333. The molecule has 0 spiro atoms. The first-order chi connectivity index (χ1) is 14.4. The van der Waals surface area contributed by atoms with Crippen LogP contribution in [0.15, 0.2) is 60.2 Å². The number of likely N-dealkylation sites (N-methyl/N-ethyl adjacent to an activating group) is 1. The Hall–Kier alpha value is -3.12. The summed E-state index contributed by atoms with van der Waals surface area (Å²) in [6, 6.07) is 15.4. The minimum Gasteiger partial charge on any atom is -0.370 e. The van der Waals surface area contributed by atoms with E-state index >= 15 is 0 Å². The van der Waals surface area contributed by atoms with Gasteiger partial charge in [0.1, 0.15) is 0 Å². The smallest absolute Gasteiger partial charge is 0.255 e. The molecule has 1 aliphatic heterocycles. The zero-order valence-electron chi connectivity index (χ0n) is 18.1. The van der Waals surface area contributed by atoms with E-state index in [9.17, 15) is 9.59 Å². The molecule has 1 aliphatic rings. The summed E-state index contributed by atoms with van der Waals surface area (Å²) in [5, 5.41) is 5.73. The first kappa shape index (κ1) is 21.6. The molecule has 158 valence electrons. The van der Waals surface area contributed by atoms with Crippen LogP contribution in [0.5, 0.6) is 0 Å². The Kier molecular flexibility index (Phi) is 6.90. The van der Waals surface area contributed by atoms with Crippen LogP contribution in [0.4, 0.5) is 17.1 Å². The summed E-state index contributed by atoms with van der Waals surface area (Å²) < 4.78 is 0. The predicted molar refractivity (Wildman–Crippen MR) is 123 cm³/mol. The lowest BCUT2D eigenvalue weighted by molar-refractivity contribution is -0.112. The fourth-order valence-electron chi connectivity index (χ4n) is 3.42. The molecule has 0 bridgehead atoms. The van der Waals surface area contributed by atoms with Crippen molar-refractivity contribution in [1.29, 1.82) is 0 Å². The molecule has 0 aliphatic carbocycles. The van der Waals surface area contributed by atoms with E-state index in [1.54, 1.807) is 37.3 Å². The van der Waals surface area contributed by atoms with E-state index in [0.29, 0.717) is 22.9 Å². The number of rotatable bonds is 6. The number of amides is 2. The van der Waals surface area contributed by atoms with E-state index in [-0.39, 0.29) is 11.8 Å². The molecule has 0 radical (unpaired) electrons. The van der Waals surface area contributed by atoms with Crippen LogP contribution in [0.25, 0.3) is 0 Å². The second-order valence-electron chi connectivity index (χ2n) is 7.86. The van der Waals surface area contributed by atoms with Gasteiger partial charge in [-0.25, -0.2) is 0 Å². The molecule has 2 N–H and O–H groups in total. The normalized spacial score (nSPS) is 16.6. The van der Waals surface area contributed by atoms with Crippen LogP contribution < -0.4 is 15.5 Å². The molecule has 0 saturated carbocycles. The molecule has 6 heteroatoms. The van der Waals surface area contributed by atoms with Crippen molar-refractivity contribution in [2.75, 3.05) is 42.7 Å². The average Bonchev–Trinajstić information content (AvgIpc) is 3.25. The molecule has 2 amide bonds. The molecule has 1 heterocycles. The van der Waals surface area contributed by atoms with Crippen molar-refractivity contribution in [3.63, 3.8) is 0 Å². The molecule has 2 aromatic rings. The molecule has 1 fully saturated rings. The van der Waals surface area contributed by atoms with Gasteiger partial charge in [-0.1, -0.05) is 6.08 Å². The van der Waals surface area contributed by atoms with Gasteiger partial charge in [-0.2, -0.15) is 0 Å². The van der Waals surface area contributed by atoms with Crippen molar-refractivity contribution in [3.05, 3.63) is 65.7 Å². The average molecular weight is 407 g/mol. The Morgan fingerprint density at radius 2 is 1.60 bits per heavy atom. The summed E-state index contributed by atoms with van der Waals surface area (Å²) in [5.41, 5.74) is 3.77. The van der Waals surface area contributed by atoms with E-state index in [2.05, 4.69) is 46.7 Å². The van der Waals surface area contributed by atoms with Gasteiger partial charge in [-0.15, -0.1) is 0 Å². The minimum absolute atomic E-state index is 0.148.